The summed E-state index contributed by atoms with van der Waals surface area (Å²) >= 11 is 1.69. The highest BCUT2D eigenvalue weighted by Crippen LogP contribution is 2.25. The highest BCUT2D eigenvalue weighted by atomic mass is 32.1. The number of aromatic nitrogens is 2. The van der Waals surface area contributed by atoms with Crippen molar-refractivity contribution in [2.24, 2.45) is 7.05 Å². The summed E-state index contributed by atoms with van der Waals surface area (Å²) in [6, 6.07) is 16.1. The summed E-state index contributed by atoms with van der Waals surface area (Å²) in [5.41, 5.74) is 3.00. The number of carbonyl (C=O) groups is 1. The predicted molar refractivity (Wildman–Crippen MR) is 97.8 cm³/mol. The molecular weight excluding hydrogens is 318 g/mol. The Morgan fingerprint density at radius 3 is 2.71 bits per heavy atom. The van der Waals surface area contributed by atoms with Crippen molar-refractivity contribution >= 4 is 17.2 Å². The second-order valence-electron chi connectivity index (χ2n) is 5.71. The minimum absolute atomic E-state index is 0.0482. The molecule has 3 rings (SSSR count). The maximum atomic E-state index is 12.5. The summed E-state index contributed by atoms with van der Waals surface area (Å²) in [7, 11) is 1.93. The molecule has 2 heterocycles. The summed E-state index contributed by atoms with van der Waals surface area (Å²) < 4.78 is 1.86. The molecule has 4 nitrogen and oxygen atoms in total. The molecule has 0 aliphatic heterocycles. The van der Waals surface area contributed by atoms with Gasteiger partial charge in [-0.25, -0.2) is 0 Å². The standard InChI is InChI=1S/C19H21N3OS/c1-3-16(14-8-5-4-6-9-14)19(23)20-13-15-12-17(22(2)21-15)18-10-7-11-24-18/h4-12,16H,3,13H2,1-2H3,(H,20,23)/t16-/m0/s1. The topological polar surface area (TPSA) is 46.9 Å². The van der Waals surface area contributed by atoms with Crippen LogP contribution in [0.25, 0.3) is 10.6 Å². The smallest absolute Gasteiger partial charge is 0.227 e. The highest BCUT2D eigenvalue weighted by molar-refractivity contribution is 7.13. The van der Waals surface area contributed by atoms with Crippen LogP contribution in [0, 0.1) is 0 Å². The van der Waals surface area contributed by atoms with E-state index < -0.39 is 0 Å². The van der Waals surface area contributed by atoms with Gasteiger partial charge in [0.15, 0.2) is 0 Å². The molecule has 2 aromatic heterocycles. The molecule has 0 saturated carbocycles. The number of carbonyl (C=O) groups excluding carboxylic acids is 1. The Labute approximate surface area is 146 Å². The van der Waals surface area contributed by atoms with Crippen LogP contribution >= 0.6 is 11.3 Å². The number of aryl methyl sites for hydroxylation is 1. The third-order valence-corrected chi connectivity index (χ3v) is 4.97. The molecule has 124 valence electrons. The van der Waals surface area contributed by atoms with Crippen LogP contribution in [0.4, 0.5) is 0 Å². The van der Waals surface area contributed by atoms with Crippen LogP contribution in [0.1, 0.15) is 30.5 Å². The first-order valence-corrected chi connectivity index (χ1v) is 8.96. The number of benzene rings is 1. The molecule has 3 aromatic rings. The Bertz CT molecular complexity index is 793. The Hall–Kier alpha value is -2.40. The number of thiophene rings is 1. The molecule has 0 spiro atoms. The van der Waals surface area contributed by atoms with Crippen molar-refractivity contribution in [3.63, 3.8) is 0 Å². The van der Waals surface area contributed by atoms with Crippen molar-refractivity contribution in [1.82, 2.24) is 15.1 Å². The number of rotatable bonds is 6. The number of nitrogens with one attached hydrogen (secondary N) is 1. The average molecular weight is 339 g/mol. The molecule has 0 fully saturated rings. The molecule has 0 unspecified atom stereocenters. The average Bonchev–Trinajstić information content (AvgIpc) is 3.24. The van der Waals surface area contributed by atoms with E-state index in [9.17, 15) is 4.79 Å². The fourth-order valence-electron chi connectivity index (χ4n) is 2.83. The summed E-state index contributed by atoms with van der Waals surface area (Å²) in [5.74, 6) is -0.0706. The van der Waals surface area contributed by atoms with E-state index in [0.29, 0.717) is 6.54 Å². The first kappa shape index (κ1) is 16.5. The fraction of sp³-hybridized carbons (Fsp3) is 0.263. The van der Waals surface area contributed by atoms with Crippen LogP contribution in [-0.2, 0) is 18.4 Å². The van der Waals surface area contributed by atoms with Gasteiger partial charge in [-0.05, 0) is 29.5 Å². The van der Waals surface area contributed by atoms with E-state index in [0.717, 1.165) is 23.4 Å². The molecule has 0 aliphatic carbocycles. The Balaban J connectivity index is 1.67. The van der Waals surface area contributed by atoms with Crippen molar-refractivity contribution in [1.29, 1.82) is 0 Å². The van der Waals surface area contributed by atoms with E-state index in [-0.39, 0.29) is 11.8 Å². The third kappa shape index (κ3) is 3.57. The van der Waals surface area contributed by atoms with Crippen LogP contribution in [0.2, 0.25) is 0 Å². The Morgan fingerprint density at radius 2 is 2.04 bits per heavy atom. The van der Waals surface area contributed by atoms with E-state index in [1.54, 1.807) is 11.3 Å². The number of hydrogen-bond acceptors (Lipinski definition) is 3. The van der Waals surface area contributed by atoms with Gasteiger partial charge >= 0.3 is 0 Å². The lowest BCUT2D eigenvalue weighted by Crippen LogP contribution is -2.28. The fourth-order valence-corrected chi connectivity index (χ4v) is 3.60. The van der Waals surface area contributed by atoms with Crippen molar-refractivity contribution in [2.45, 2.75) is 25.8 Å². The minimum atomic E-state index is -0.119. The number of nitrogens with zero attached hydrogens (tertiary/aromatic N) is 2. The molecule has 1 N–H and O–H groups in total. The molecule has 0 radical (unpaired) electrons. The first-order chi connectivity index (χ1) is 11.7. The van der Waals surface area contributed by atoms with Crippen LogP contribution in [0.3, 0.4) is 0 Å². The zero-order valence-electron chi connectivity index (χ0n) is 13.9. The third-order valence-electron chi connectivity index (χ3n) is 4.07. The van der Waals surface area contributed by atoms with Gasteiger partial charge in [-0.2, -0.15) is 5.10 Å². The van der Waals surface area contributed by atoms with Gasteiger partial charge in [0.25, 0.3) is 0 Å². The van der Waals surface area contributed by atoms with Gasteiger partial charge < -0.3 is 5.32 Å². The van der Waals surface area contributed by atoms with Gasteiger partial charge in [0.2, 0.25) is 5.91 Å². The van der Waals surface area contributed by atoms with Gasteiger partial charge in [0.05, 0.1) is 28.7 Å². The maximum Gasteiger partial charge on any atom is 0.227 e. The summed E-state index contributed by atoms with van der Waals surface area (Å²) in [6.45, 7) is 2.48. The second kappa shape index (κ2) is 7.45. The molecular formula is C19H21N3OS. The summed E-state index contributed by atoms with van der Waals surface area (Å²) in [5, 5.41) is 9.58. The quantitative estimate of drug-likeness (QED) is 0.739. The van der Waals surface area contributed by atoms with E-state index in [4.69, 9.17) is 0 Å². The van der Waals surface area contributed by atoms with Crippen LogP contribution in [0.5, 0.6) is 0 Å². The van der Waals surface area contributed by atoms with E-state index in [1.807, 2.05) is 61.1 Å². The van der Waals surface area contributed by atoms with Gasteiger partial charge in [0, 0.05) is 7.05 Å². The molecule has 0 aliphatic rings. The molecule has 1 amide bonds. The predicted octanol–water partition coefficient (Wildman–Crippen LogP) is 3.96. The van der Waals surface area contributed by atoms with Gasteiger partial charge in [0.1, 0.15) is 0 Å². The van der Waals surface area contributed by atoms with Crippen molar-refractivity contribution in [2.75, 3.05) is 0 Å². The molecule has 5 heteroatoms. The van der Waals surface area contributed by atoms with Crippen LogP contribution in [0.15, 0.2) is 53.9 Å². The largest absolute Gasteiger partial charge is 0.350 e. The lowest BCUT2D eigenvalue weighted by molar-refractivity contribution is -0.122. The molecule has 24 heavy (non-hydrogen) atoms. The molecule has 1 aromatic carbocycles. The number of hydrogen-bond donors (Lipinski definition) is 1. The summed E-state index contributed by atoms with van der Waals surface area (Å²) in [4.78, 5) is 13.7. The molecule has 0 saturated heterocycles. The van der Waals surface area contributed by atoms with Crippen molar-refractivity contribution in [3.05, 3.63) is 65.2 Å². The molecule has 0 bridgehead atoms. The van der Waals surface area contributed by atoms with E-state index >= 15 is 0 Å². The lowest BCUT2D eigenvalue weighted by Gasteiger charge is -2.14. The van der Waals surface area contributed by atoms with Gasteiger partial charge in [-0.15, -0.1) is 11.3 Å². The zero-order chi connectivity index (χ0) is 16.9. The van der Waals surface area contributed by atoms with Crippen LogP contribution < -0.4 is 5.32 Å². The highest BCUT2D eigenvalue weighted by Gasteiger charge is 2.18. The number of amides is 1. The maximum absolute atomic E-state index is 12.5. The van der Waals surface area contributed by atoms with Crippen molar-refractivity contribution in [3.8, 4) is 10.6 Å². The monoisotopic (exact) mass is 339 g/mol. The lowest BCUT2D eigenvalue weighted by atomic mass is 9.96. The van der Waals surface area contributed by atoms with E-state index in [1.165, 1.54) is 4.88 Å². The van der Waals surface area contributed by atoms with Gasteiger partial charge in [-0.3, -0.25) is 9.48 Å². The first-order valence-electron chi connectivity index (χ1n) is 8.08. The SMILES string of the molecule is CC[C@H](C(=O)NCc1cc(-c2cccs2)n(C)n1)c1ccccc1. The minimum Gasteiger partial charge on any atom is -0.350 e. The molecule has 1 atom stereocenters. The second-order valence-corrected chi connectivity index (χ2v) is 6.66. The zero-order valence-corrected chi connectivity index (χ0v) is 14.7. The Kier molecular flexibility index (Phi) is 5.11. The van der Waals surface area contributed by atoms with E-state index in [2.05, 4.69) is 21.9 Å². The normalized spacial score (nSPS) is 12.1. The van der Waals surface area contributed by atoms with Crippen LogP contribution in [-0.4, -0.2) is 15.7 Å². The summed E-state index contributed by atoms with van der Waals surface area (Å²) in [6.07, 6.45) is 0.776. The Morgan fingerprint density at radius 1 is 1.25 bits per heavy atom. The van der Waals surface area contributed by atoms with Crippen molar-refractivity contribution < 1.29 is 4.79 Å². The van der Waals surface area contributed by atoms with Gasteiger partial charge in [-0.1, -0.05) is 43.3 Å².